The van der Waals surface area contributed by atoms with Crippen LogP contribution in [0.2, 0.25) is 0 Å². The SMILES string of the molecule is CCCCCCc1ccc(C(=O)O)cc1OC. The molecule has 0 spiro atoms. The third kappa shape index (κ3) is 4.10. The Bertz CT molecular complexity index is 372. The third-order valence-electron chi connectivity index (χ3n) is 2.83. The molecule has 0 unspecified atom stereocenters. The lowest BCUT2D eigenvalue weighted by molar-refractivity contribution is 0.0696. The molecule has 3 nitrogen and oxygen atoms in total. The van der Waals surface area contributed by atoms with Crippen LogP contribution in [0.25, 0.3) is 0 Å². The summed E-state index contributed by atoms with van der Waals surface area (Å²) in [5.41, 5.74) is 1.37. The fourth-order valence-electron chi connectivity index (χ4n) is 1.83. The maximum absolute atomic E-state index is 10.8. The molecule has 0 bridgehead atoms. The van der Waals surface area contributed by atoms with Gasteiger partial charge in [0.25, 0.3) is 0 Å². The van der Waals surface area contributed by atoms with Crippen molar-refractivity contribution in [3.63, 3.8) is 0 Å². The molecular formula is C14H20O3. The number of methoxy groups -OCH3 is 1. The number of carbonyl (C=O) groups is 1. The molecule has 0 heterocycles. The highest BCUT2D eigenvalue weighted by Crippen LogP contribution is 2.22. The average molecular weight is 236 g/mol. The Morgan fingerprint density at radius 3 is 2.65 bits per heavy atom. The number of benzene rings is 1. The smallest absolute Gasteiger partial charge is 0.335 e. The van der Waals surface area contributed by atoms with Gasteiger partial charge in [0.05, 0.1) is 12.7 Å². The highest BCUT2D eigenvalue weighted by Gasteiger charge is 2.08. The molecule has 0 fully saturated rings. The largest absolute Gasteiger partial charge is 0.496 e. The minimum atomic E-state index is -0.916. The lowest BCUT2D eigenvalue weighted by atomic mass is 10.0. The van der Waals surface area contributed by atoms with Crippen molar-refractivity contribution in [1.29, 1.82) is 0 Å². The number of rotatable bonds is 7. The van der Waals surface area contributed by atoms with Crippen molar-refractivity contribution >= 4 is 5.97 Å². The molecule has 94 valence electrons. The highest BCUT2D eigenvalue weighted by atomic mass is 16.5. The van der Waals surface area contributed by atoms with E-state index >= 15 is 0 Å². The second-order valence-corrected chi connectivity index (χ2v) is 4.14. The lowest BCUT2D eigenvalue weighted by Gasteiger charge is -2.09. The molecule has 1 aromatic carbocycles. The van der Waals surface area contributed by atoms with Gasteiger partial charge in [-0.05, 0) is 30.5 Å². The van der Waals surface area contributed by atoms with Gasteiger partial charge < -0.3 is 9.84 Å². The first-order chi connectivity index (χ1) is 8.19. The number of aryl methyl sites for hydroxylation is 1. The van der Waals surface area contributed by atoms with Gasteiger partial charge in [0.15, 0.2) is 0 Å². The standard InChI is InChI=1S/C14H20O3/c1-3-4-5-6-7-11-8-9-12(14(15)16)10-13(11)17-2/h8-10H,3-7H2,1-2H3,(H,15,16). The van der Waals surface area contributed by atoms with Gasteiger partial charge in [0.2, 0.25) is 0 Å². The number of hydrogen-bond acceptors (Lipinski definition) is 2. The van der Waals surface area contributed by atoms with Crippen molar-refractivity contribution in [1.82, 2.24) is 0 Å². The van der Waals surface area contributed by atoms with Crippen LogP contribution < -0.4 is 4.74 Å². The molecule has 1 aromatic rings. The minimum Gasteiger partial charge on any atom is -0.496 e. The van der Waals surface area contributed by atoms with Crippen LogP contribution in [0.5, 0.6) is 5.75 Å². The molecule has 0 aliphatic rings. The fourth-order valence-corrected chi connectivity index (χ4v) is 1.83. The van der Waals surface area contributed by atoms with E-state index in [0.29, 0.717) is 5.75 Å². The molecule has 0 aliphatic carbocycles. The Morgan fingerprint density at radius 1 is 1.29 bits per heavy atom. The number of hydrogen-bond donors (Lipinski definition) is 1. The molecule has 0 saturated heterocycles. The summed E-state index contributed by atoms with van der Waals surface area (Å²) in [6.45, 7) is 2.18. The molecular weight excluding hydrogens is 216 g/mol. The predicted molar refractivity (Wildman–Crippen MR) is 67.8 cm³/mol. The molecule has 0 radical (unpaired) electrons. The van der Waals surface area contributed by atoms with Crippen molar-refractivity contribution < 1.29 is 14.6 Å². The van der Waals surface area contributed by atoms with E-state index in [9.17, 15) is 4.79 Å². The van der Waals surface area contributed by atoms with Crippen molar-refractivity contribution in [2.24, 2.45) is 0 Å². The normalized spacial score (nSPS) is 10.2. The topological polar surface area (TPSA) is 46.5 Å². The maximum Gasteiger partial charge on any atom is 0.335 e. The van der Waals surface area contributed by atoms with Gasteiger partial charge in [-0.15, -0.1) is 0 Å². The maximum atomic E-state index is 10.8. The second kappa shape index (κ2) is 6.94. The number of carboxylic acid groups (broad SMARTS) is 1. The molecule has 0 amide bonds. The lowest BCUT2D eigenvalue weighted by Crippen LogP contribution is -1.99. The monoisotopic (exact) mass is 236 g/mol. The van der Waals surface area contributed by atoms with Crippen LogP contribution in [-0.2, 0) is 6.42 Å². The number of aromatic carboxylic acids is 1. The minimum absolute atomic E-state index is 0.277. The van der Waals surface area contributed by atoms with Crippen LogP contribution in [0.4, 0.5) is 0 Å². The Labute approximate surface area is 102 Å². The van der Waals surface area contributed by atoms with E-state index in [-0.39, 0.29) is 5.56 Å². The molecule has 0 atom stereocenters. The third-order valence-corrected chi connectivity index (χ3v) is 2.83. The Morgan fingerprint density at radius 2 is 2.06 bits per heavy atom. The molecule has 1 N–H and O–H groups in total. The fraction of sp³-hybridized carbons (Fsp3) is 0.500. The van der Waals surface area contributed by atoms with E-state index in [1.54, 1.807) is 19.2 Å². The van der Waals surface area contributed by atoms with Gasteiger partial charge in [-0.2, -0.15) is 0 Å². The molecule has 0 aromatic heterocycles. The van der Waals surface area contributed by atoms with Crippen molar-refractivity contribution in [2.45, 2.75) is 39.0 Å². The summed E-state index contributed by atoms with van der Waals surface area (Å²) in [6, 6.07) is 5.09. The number of ether oxygens (including phenoxy) is 1. The summed E-state index contributed by atoms with van der Waals surface area (Å²) in [5, 5.41) is 8.89. The molecule has 17 heavy (non-hydrogen) atoms. The van der Waals surface area contributed by atoms with Crippen molar-refractivity contribution in [3.8, 4) is 5.75 Å². The zero-order valence-corrected chi connectivity index (χ0v) is 10.5. The zero-order chi connectivity index (χ0) is 12.7. The highest BCUT2D eigenvalue weighted by molar-refractivity contribution is 5.88. The molecule has 3 heteroatoms. The predicted octanol–water partition coefficient (Wildman–Crippen LogP) is 3.52. The van der Waals surface area contributed by atoms with E-state index in [1.165, 1.54) is 19.3 Å². The van der Waals surface area contributed by atoms with Crippen molar-refractivity contribution in [2.75, 3.05) is 7.11 Å². The van der Waals surface area contributed by atoms with Gasteiger partial charge >= 0.3 is 5.97 Å². The summed E-state index contributed by atoms with van der Waals surface area (Å²) < 4.78 is 5.23. The second-order valence-electron chi connectivity index (χ2n) is 4.14. The first-order valence-electron chi connectivity index (χ1n) is 6.09. The Kier molecular flexibility index (Phi) is 5.53. The van der Waals surface area contributed by atoms with Crippen LogP contribution in [0.3, 0.4) is 0 Å². The van der Waals surface area contributed by atoms with Gasteiger partial charge in [0, 0.05) is 0 Å². The summed E-state index contributed by atoms with van der Waals surface area (Å²) >= 11 is 0. The van der Waals surface area contributed by atoms with Gasteiger partial charge in [0.1, 0.15) is 5.75 Å². The van der Waals surface area contributed by atoms with Gasteiger partial charge in [-0.3, -0.25) is 0 Å². The van der Waals surface area contributed by atoms with Crippen LogP contribution in [0.1, 0.15) is 48.5 Å². The average Bonchev–Trinajstić information content (AvgIpc) is 2.34. The van der Waals surface area contributed by atoms with Crippen LogP contribution in [-0.4, -0.2) is 18.2 Å². The Balaban J connectivity index is 2.68. The first kappa shape index (κ1) is 13.6. The van der Waals surface area contributed by atoms with Crippen molar-refractivity contribution in [3.05, 3.63) is 29.3 Å². The summed E-state index contributed by atoms with van der Waals surface area (Å²) in [7, 11) is 1.58. The summed E-state index contributed by atoms with van der Waals surface area (Å²) in [5.74, 6) is -0.234. The van der Waals surface area contributed by atoms with E-state index in [0.717, 1.165) is 18.4 Å². The summed E-state index contributed by atoms with van der Waals surface area (Å²) in [6.07, 6.45) is 5.74. The van der Waals surface area contributed by atoms with Crippen LogP contribution >= 0.6 is 0 Å². The van der Waals surface area contributed by atoms with Gasteiger partial charge in [-0.1, -0.05) is 32.3 Å². The Hall–Kier alpha value is -1.51. The first-order valence-corrected chi connectivity index (χ1v) is 6.09. The summed E-state index contributed by atoms with van der Waals surface area (Å²) in [4.78, 5) is 10.8. The molecule has 1 rings (SSSR count). The van der Waals surface area contributed by atoms with Crippen LogP contribution in [0.15, 0.2) is 18.2 Å². The van der Waals surface area contributed by atoms with E-state index in [2.05, 4.69) is 6.92 Å². The molecule has 0 saturated carbocycles. The number of carboxylic acids is 1. The van der Waals surface area contributed by atoms with E-state index in [1.807, 2.05) is 6.07 Å². The van der Waals surface area contributed by atoms with E-state index in [4.69, 9.17) is 9.84 Å². The quantitative estimate of drug-likeness (QED) is 0.737. The van der Waals surface area contributed by atoms with Gasteiger partial charge in [-0.25, -0.2) is 4.79 Å². The number of unbranched alkanes of at least 4 members (excludes halogenated alkanes) is 3. The van der Waals surface area contributed by atoms with Crippen LogP contribution in [0, 0.1) is 0 Å². The zero-order valence-electron chi connectivity index (χ0n) is 10.5. The van der Waals surface area contributed by atoms with E-state index < -0.39 is 5.97 Å². The molecule has 0 aliphatic heterocycles.